The van der Waals surface area contributed by atoms with E-state index < -0.39 is 0 Å². The van der Waals surface area contributed by atoms with E-state index in [9.17, 15) is 4.79 Å². The summed E-state index contributed by atoms with van der Waals surface area (Å²) in [6, 6.07) is 12.7. The standard InChI is InChI=1S/C18H20ClNO3/c1-12(18(21)20-15-7-5-14(19)6-8-15)10-13-4-9-16(22-2)17(11-13)23-3/h4-9,11-12H,10H2,1-3H3,(H,20,21). The molecule has 122 valence electrons. The zero-order valence-electron chi connectivity index (χ0n) is 13.4. The number of halogens is 1. The monoisotopic (exact) mass is 333 g/mol. The average molecular weight is 334 g/mol. The highest BCUT2D eigenvalue weighted by molar-refractivity contribution is 6.30. The van der Waals surface area contributed by atoms with Gasteiger partial charge in [0.1, 0.15) is 0 Å². The Bertz CT molecular complexity index is 670. The van der Waals surface area contributed by atoms with Crippen molar-refractivity contribution in [2.75, 3.05) is 19.5 Å². The van der Waals surface area contributed by atoms with Crippen LogP contribution in [0.15, 0.2) is 42.5 Å². The third kappa shape index (κ3) is 4.63. The normalized spacial score (nSPS) is 11.7. The van der Waals surface area contributed by atoms with Gasteiger partial charge in [-0.25, -0.2) is 0 Å². The molecule has 0 heterocycles. The smallest absolute Gasteiger partial charge is 0.227 e. The fraction of sp³-hybridized carbons (Fsp3) is 0.278. The van der Waals surface area contributed by atoms with Gasteiger partial charge in [-0.1, -0.05) is 24.6 Å². The van der Waals surface area contributed by atoms with Gasteiger partial charge in [-0.05, 0) is 48.4 Å². The zero-order chi connectivity index (χ0) is 16.8. The number of hydrogen-bond donors (Lipinski definition) is 1. The van der Waals surface area contributed by atoms with Crippen LogP contribution < -0.4 is 14.8 Å². The van der Waals surface area contributed by atoms with Crippen molar-refractivity contribution in [1.29, 1.82) is 0 Å². The van der Waals surface area contributed by atoms with Gasteiger partial charge in [0.05, 0.1) is 14.2 Å². The molecule has 0 aliphatic heterocycles. The van der Waals surface area contributed by atoms with E-state index in [0.717, 1.165) is 11.3 Å². The molecule has 1 atom stereocenters. The lowest BCUT2D eigenvalue weighted by Crippen LogP contribution is -2.22. The van der Waals surface area contributed by atoms with Crippen LogP contribution in [0.25, 0.3) is 0 Å². The van der Waals surface area contributed by atoms with Crippen molar-refractivity contribution < 1.29 is 14.3 Å². The number of benzene rings is 2. The first-order valence-corrected chi connectivity index (χ1v) is 7.68. The van der Waals surface area contributed by atoms with Gasteiger partial charge in [0.25, 0.3) is 0 Å². The lowest BCUT2D eigenvalue weighted by molar-refractivity contribution is -0.119. The minimum atomic E-state index is -0.177. The van der Waals surface area contributed by atoms with Crippen molar-refractivity contribution in [2.24, 2.45) is 5.92 Å². The highest BCUT2D eigenvalue weighted by Crippen LogP contribution is 2.28. The Kier molecular flexibility index (Phi) is 5.88. The van der Waals surface area contributed by atoms with Crippen LogP contribution in [0.2, 0.25) is 5.02 Å². The summed E-state index contributed by atoms with van der Waals surface area (Å²) in [4.78, 5) is 12.3. The van der Waals surface area contributed by atoms with Gasteiger partial charge in [0, 0.05) is 16.6 Å². The minimum Gasteiger partial charge on any atom is -0.493 e. The molecule has 0 aromatic heterocycles. The predicted octanol–water partition coefficient (Wildman–Crippen LogP) is 4.17. The van der Waals surface area contributed by atoms with Gasteiger partial charge in [-0.3, -0.25) is 4.79 Å². The number of hydrogen-bond acceptors (Lipinski definition) is 3. The summed E-state index contributed by atoms with van der Waals surface area (Å²) in [5.41, 5.74) is 1.75. The average Bonchev–Trinajstić information content (AvgIpc) is 2.56. The third-order valence-electron chi connectivity index (χ3n) is 3.55. The molecule has 0 spiro atoms. The number of anilines is 1. The van der Waals surface area contributed by atoms with E-state index in [-0.39, 0.29) is 11.8 Å². The number of carbonyl (C=O) groups excluding carboxylic acids is 1. The lowest BCUT2D eigenvalue weighted by atomic mass is 10.00. The van der Waals surface area contributed by atoms with Crippen LogP contribution in [-0.2, 0) is 11.2 Å². The number of carbonyl (C=O) groups is 1. The summed E-state index contributed by atoms with van der Waals surface area (Å²) in [5, 5.41) is 3.53. The molecule has 5 heteroatoms. The molecule has 0 aliphatic carbocycles. The largest absolute Gasteiger partial charge is 0.493 e. The van der Waals surface area contributed by atoms with Crippen molar-refractivity contribution >= 4 is 23.2 Å². The van der Waals surface area contributed by atoms with Crippen LogP contribution in [0.4, 0.5) is 5.69 Å². The molecule has 1 N–H and O–H groups in total. The second-order valence-corrected chi connectivity index (χ2v) is 5.73. The molecule has 1 unspecified atom stereocenters. The molecule has 0 radical (unpaired) electrons. The van der Waals surface area contributed by atoms with Crippen molar-refractivity contribution in [1.82, 2.24) is 0 Å². The number of ether oxygens (including phenoxy) is 2. The van der Waals surface area contributed by atoms with Gasteiger partial charge >= 0.3 is 0 Å². The summed E-state index contributed by atoms with van der Waals surface area (Å²) in [6.45, 7) is 1.89. The number of methoxy groups -OCH3 is 2. The van der Waals surface area contributed by atoms with Crippen LogP contribution in [0.1, 0.15) is 12.5 Å². The molecule has 4 nitrogen and oxygen atoms in total. The quantitative estimate of drug-likeness (QED) is 0.862. The van der Waals surface area contributed by atoms with Crippen LogP contribution in [0.3, 0.4) is 0 Å². The molecule has 0 bridgehead atoms. The van der Waals surface area contributed by atoms with Gasteiger partial charge in [0.2, 0.25) is 5.91 Å². The first-order chi connectivity index (χ1) is 11.0. The molecular formula is C18H20ClNO3. The maximum Gasteiger partial charge on any atom is 0.227 e. The van der Waals surface area contributed by atoms with Gasteiger partial charge in [0.15, 0.2) is 11.5 Å². The Labute approximate surface area is 141 Å². The fourth-order valence-corrected chi connectivity index (χ4v) is 2.38. The Morgan fingerprint density at radius 3 is 2.35 bits per heavy atom. The molecular weight excluding hydrogens is 314 g/mol. The maximum atomic E-state index is 12.3. The summed E-state index contributed by atoms with van der Waals surface area (Å²) >= 11 is 5.84. The van der Waals surface area contributed by atoms with E-state index in [4.69, 9.17) is 21.1 Å². The Morgan fingerprint density at radius 2 is 1.74 bits per heavy atom. The minimum absolute atomic E-state index is 0.0397. The molecule has 2 aromatic rings. The molecule has 1 amide bonds. The summed E-state index contributed by atoms with van der Waals surface area (Å²) in [7, 11) is 3.19. The first-order valence-electron chi connectivity index (χ1n) is 7.31. The van der Waals surface area contributed by atoms with Crippen LogP contribution in [0.5, 0.6) is 11.5 Å². The second-order valence-electron chi connectivity index (χ2n) is 5.29. The molecule has 2 aromatic carbocycles. The molecule has 0 saturated carbocycles. The van der Waals surface area contributed by atoms with E-state index in [2.05, 4.69) is 5.32 Å². The Balaban J connectivity index is 2.01. The van der Waals surface area contributed by atoms with Crippen molar-refractivity contribution in [3.63, 3.8) is 0 Å². The molecule has 23 heavy (non-hydrogen) atoms. The van der Waals surface area contributed by atoms with E-state index in [1.165, 1.54) is 0 Å². The number of nitrogens with one attached hydrogen (secondary N) is 1. The highest BCUT2D eigenvalue weighted by Gasteiger charge is 2.15. The predicted molar refractivity (Wildman–Crippen MR) is 92.5 cm³/mol. The molecule has 0 saturated heterocycles. The SMILES string of the molecule is COc1ccc(CC(C)C(=O)Nc2ccc(Cl)cc2)cc1OC. The molecule has 0 aliphatic rings. The van der Waals surface area contributed by atoms with Crippen molar-refractivity contribution in [3.8, 4) is 11.5 Å². The molecule has 0 fully saturated rings. The van der Waals surface area contributed by atoms with Crippen LogP contribution >= 0.6 is 11.6 Å². The second kappa shape index (κ2) is 7.88. The van der Waals surface area contributed by atoms with Gasteiger partial charge in [-0.15, -0.1) is 0 Å². The third-order valence-corrected chi connectivity index (χ3v) is 3.80. The van der Waals surface area contributed by atoms with E-state index >= 15 is 0 Å². The number of rotatable bonds is 6. The first kappa shape index (κ1) is 17.2. The molecule has 2 rings (SSSR count). The highest BCUT2D eigenvalue weighted by atomic mass is 35.5. The van der Waals surface area contributed by atoms with Gasteiger partial charge < -0.3 is 14.8 Å². The van der Waals surface area contributed by atoms with E-state index in [1.807, 2.05) is 25.1 Å². The topological polar surface area (TPSA) is 47.6 Å². The van der Waals surface area contributed by atoms with Gasteiger partial charge in [-0.2, -0.15) is 0 Å². The Morgan fingerprint density at radius 1 is 1.09 bits per heavy atom. The maximum absolute atomic E-state index is 12.3. The summed E-state index contributed by atoms with van der Waals surface area (Å²) in [6.07, 6.45) is 0.611. The summed E-state index contributed by atoms with van der Waals surface area (Å²) < 4.78 is 10.5. The van der Waals surface area contributed by atoms with Crippen molar-refractivity contribution in [3.05, 3.63) is 53.1 Å². The summed E-state index contributed by atoms with van der Waals surface area (Å²) in [5.74, 6) is 1.12. The van der Waals surface area contributed by atoms with Crippen LogP contribution in [-0.4, -0.2) is 20.1 Å². The zero-order valence-corrected chi connectivity index (χ0v) is 14.2. The lowest BCUT2D eigenvalue weighted by Gasteiger charge is -2.14. The fourth-order valence-electron chi connectivity index (χ4n) is 2.25. The van der Waals surface area contributed by atoms with E-state index in [0.29, 0.717) is 22.9 Å². The van der Waals surface area contributed by atoms with Crippen molar-refractivity contribution in [2.45, 2.75) is 13.3 Å². The number of amides is 1. The Hall–Kier alpha value is -2.20. The van der Waals surface area contributed by atoms with E-state index in [1.54, 1.807) is 38.5 Å². The van der Waals surface area contributed by atoms with Crippen LogP contribution in [0, 0.1) is 5.92 Å².